The van der Waals surface area contributed by atoms with Crippen LogP contribution < -0.4 is 9.80 Å². The number of furan rings is 2. The van der Waals surface area contributed by atoms with Gasteiger partial charge in [0.15, 0.2) is 0 Å². The molecule has 0 radical (unpaired) electrons. The molecule has 11 aromatic carbocycles. The summed E-state index contributed by atoms with van der Waals surface area (Å²) in [6.45, 7) is 18.8. The molecule has 91 heavy (non-hydrogen) atoms. The zero-order valence-electron chi connectivity index (χ0n) is 53.5. The van der Waals surface area contributed by atoms with Crippen LogP contribution in [0.4, 0.5) is 34.1 Å². The van der Waals surface area contributed by atoms with Crippen LogP contribution >= 0.6 is 0 Å². The largest absolute Gasteiger partial charge is 0.456 e. The number of para-hydroxylation sites is 2. The van der Waals surface area contributed by atoms with E-state index in [4.69, 9.17) is 8.83 Å². The van der Waals surface area contributed by atoms with E-state index in [1.54, 1.807) is 11.1 Å². The molecule has 0 atom stereocenters. The number of rotatable bonds is 8. The lowest BCUT2D eigenvalue weighted by Crippen LogP contribution is -2.55. The third-order valence-corrected chi connectivity index (χ3v) is 22.6. The summed E-state index contributed by atoms with van der Waals surface area (Å²) in [4.78, 5) is 4.96. The number of fused-ring (bicyclic) bond motifs is 13. The first kappa shape index (κ1) is 54.5. The molecule has 4 saturated carbocycles. The first-order valence-corrected chi connectivity index (χ1v) is 33.4. The fraction of sp³-hybridized carbons (Fsp3) is 0.241. The third kappa shape index (κ3) is 8.26. The molecular weight excluding hydrogens is 1100 g/mol. The summed E-state index contributed by atoms with van der Waals surface area (Å²) in [6.07, 6.45) is 6.60. The van der Waals surface area contributed by atoms with Gasteiger partial charge < -0.3 is 18.6 Å². The van der Waals surface area contributed by atoms with E-state index in [9.17, 15) is 0 Å². The van der Waals surface area contributed by atoms with E-state index in [2.05, 4.69) is 296 Å². The van der Waals surface area contributed by atoms with Crippen LogP contribution in [0.2, 0.25) is 0 Å². The van der Waals surface area contributed by atoms with Crippen molar-refractivity contribution >= 4 is 78.0 Å². The van der Waals surface area contributed by atoms with Gasteiger partial charge in [-0.3, -0.25) is 0 Å². The van der Waals surface area contributed by atoms with E-state index in [1.165, 1.54) is 105 Å². The molecule has 0 amide bonds. The second-order valence-corrected chi connectivity index (χ2v) is 30.1. The Bertz CT molecular complexity index is 5070. The van der Waals surface area contributed by atoms with Gasteiger partial charge in [-0.25, -0.2) is 0 Å². The second kappa shape index (κ2) is 19.6. The van der Waals surface area contributed by atoms with E-state index in [0.29, 0.717) is 11.8 Å². The highest BCUT2D eigenvalue weighted by atomic mass is 16.3. The lowest BCUT2D eigenvalue weighted by Gasteiger charge is -2.61. The molecule has 0 N–H and O–H groups in total. The molecule has 4 bridgehead atoms. The lowest BCUT2D eigenvalue weighted by molar-refractivity contribution is -0.0404. The molecule has 19 rings (SSSR count). The molecule has 6 aliphatic rings. The first-order chi connectivity index (χ1) is 44.0. The van der Waals surface area contributed by atoms with Gasteiger partial charge >= 0.3 is 0 Å². The number of benzene rings is 11. The van der Waals surface area contributed by atoms with Gasteiger partial charge in [0.05, 0.1) is 0 Å². The Balaban J connectivity index is 0.774. The van der Waals surface area contributed by atoms with Crippen LogP contribution in [0.3, 0.4) is 0 Å². The van der Waals surface area contributed by atoms with Crippen molar-refractivity contribution in [2.75, 3.05) is 9.80 Å². The molecule has 4 nitrogen and oxygen atoms in total. The molecule has 1 spiro atoms. The normalized spacial score (nSPS) is 20.0. The number of nitrogens with zero attached hydrogens (tertiary/aromatic N) is 2. The van der Waals surface area contributed by atoms with Crippen LogP contribution in [-0.4, -0.2) is 0 Å². The molecule has 2 heterocycles. The van der Waals surface area contributed by atoms with E-state index in [-0.39, 0.29) is 21.7 Å². The average molecular weight is 1180 g/mol. The number of hydrogen-bond donors (Lipinski definition) is 0. The lowest BCUT2D eigenvalue weighted by atomic mass is 9.42. The Morgan fingerprint density at radius 3 is 1.13 bits per heavy atom. The minimum Gasteiger partial charge on any atom is -0.456 e. The van der Waals surface area contributed by atoms with Crippen molar-refractivity contribution in [3.63, 3.8) is 0 Å². The van der Waals surface area contributed by atoms with Crippen molar-refractivity contribution in [3.8, 4) is 44.5 Å². The zero-order chi connectivity index (χ0) is 61.4. The number of anilines is 6. The highest BCUT2D eigenvalue weighted by Gasteiger charge is 2.63. The Labute approximate surface area is 534 Å². The fourth-order valence-corrected chi connectivity index (χ4v) is 18.4. The molecule has 6 aliphatic carbocycles. The van der Waals surface area contributed by atoms with Gasteiger partial charge in [-0.15, -0.1) is 0 Å². The predicted molar refractivity (Wildman–Crippen MR) is 379 cm³/mol. The Morgan fingerprint density at radius 1 is 0.330 bits per heavy atom. The van der Waals surface area contributed by atoms with Gasteiger partial charge in [0.25, 0.3) is 0 Å². The Morgan fingerprint density at radius 2 is 0.681 bits per heavy atom. The molecule has 4 fully saturated rings. The van der Waals surface area contributed by atoms with Crippen LogP contribution in [-0.2, 0) is 21.7 Å². The fourth-order valence-electron chi connectivity index (χ4n) is 18.4. The van der Waals surface area contributed by atoms with Crippen LogP contribution in [0, 0.1) is 23.7 Å². The summed E-state index contributed by atoms with van der Waals surface area (Å²) >= 11 is 0. The predicted octanol–water partition coefficient (Wildman–Crippen LogP) is 24.4. The van der Waals surface area contributed by atoms with E-state index in [1.807, 2.05) is 0 Å². The SMILES string of the molecule is CC(C)(C)c1ccc(-c2ccc(N(c3ccc4c(c3)C(C)(C)c3c-4ccc4c3C3(c5cc(N(c6ccc(-c7ccc(C(C)(C)C)cc7)cc6)c6ccc7c(c6)oc6ccccc67)ccc5-4)C4CC5CC(C4)CC3C5)c3ccc4c(c3)oc3ccccc34)cc2)cc1. The van der Waals surface area contributed by atoms with Gasteiger partial charge in [-0.05, 0) is 229 Å². The summed E-state index contributed by atoms with van der Waals surface area (Å²) in [6, 6.07) is 87.3. The van der Waals surface area contributed by atoms with Crippen LogP contribution in [0.15, 0.2) is 239 Å². The van der Waals surface area contributed by atoms with Crippen LogP contribution in [0.1, 0.15) is 121 Å². The summed E-state index contributed by atoms with van der Waals surface area (Å²) in [5.74, 6) is 2.73. The minimum absolute atomic E-state index is 0.0918. The minimum atomic E-state index is -0.307. The number of hydrogen-bond acceptors (Lipinski definition) is 4. The molecule has 0 saturated heterocycles. The summed E-state index contributed by atoms with van der Waals surface area (Å²) < 4.78 is 13.3. The van der Waals surface area contributed by atoms with Gasteiger partial charge in [0.2, 0.25) is 0 Å². The van der Waals surface area contributed by atoms with E-state index in [0.717, 1.165) is 84.1 Å². The maximum absolute atomic E-state index is 6.67. The monoisotopic (exact) mass is 1180 g/mol. The van der Waals surface area contributed by atoms with Crippen molar-refractivity contribution in [1.82, 2.24) is 0 Å². The summed E-state index contributed by atoms with van der Waals surface area (Å²) in [7, 11) is 0. The average Bonchev–Trinajstić information content (AvgIpc) is 1.52. The molecule has 0 aliphatic heterocycles. The standard InChI is InChI=1S/C87H76N2O2/c1-84(2,3)58-25-17-54(18-26-58)56-21-29-62(30-22-56)88(66-35-39-72-70-13-9-11-15-78(70)90-80(72)50-66)64-33-37-68-74-41-42-75-69-38-34-65(49-77(69)87(83(75)82(74)86(7,8)76(68)48-64)60-44-52-43-53(46-60)47-61(87)45-52)89(67-36-40-73-71-14-10-12-16-79(71)91-81(73)51-67)63-31-23-57(24-32-63)55-19-27-59(28-20-55)85(4,5)6/h9-42,48-53,60-61H,43-47H2,1-8H3. The molecule has 4 heteroatoms. The van der Waals surface area contributed by atoms with E-state index >= 15 is 0 Å². The van der Waals surface area contributed by atoms with Crippen LogP contribution in [0.5, 0.6) is 0 Å². The smallest absolute Gasteiger partial charge is 0.137 e. The van der Waals surface area contributed by atoms with Gasteiger partial charge in [-0.1, -0.05) is 189 Å². The van der Waals surface area contributed by atoms with Crippen molar-refractivity contribution in [1.29, 1.82) is 0 Å². The second-order valence-electron chi connectivity index (χ2n) is 30.1. The highest BCUT2D eigenvalue weighted by Crippen LogP contribution is 2.72. The van der Waals surface area contributed by atoms with Crippen molar-refractivity contribution in [2.45, 2.75) is 109 Å². The van der Waals surface area contributed by atoms with Crippen molar-refractivity contribution in [2.24, 2.45) is 23.7 Å². The third-order valence-electron chi connectivity index (χ3n) is 22.6. The zero-order valence-corrected chi connectivity index (χ0v) is 53.5. The molecule has 2 aromatic heterocycles. The Hall–Kier alpha value is -9.38. The van der Waals surface area contributed by atoms with Gasteiger partial charge in [0.1, 0.15) is 22.3 Å². The van der Waals surface area contributed by atoms with E-state index < -0.39 is 0 Å². The first-order valence-electron chi connectivity index (χ1n) is 33.4. The summed E-state index contributed by atoms with van der Waals surface area (Å²) in [5, 5.41) is 4.55. The quantitative estimate of drug-likeness (QED) is 0.152. The van der Waals surface area contributed by atoms with Gasteiger partial charge in [0, 0.05) is 78.6 Å². The summed E-state index contributed by atoms with van der Waals surface area (Å²) in [5.41, 5.74) is 29.3. The van der Waals surface area contributed by atoms with Crippen molar-refractivity contribution in [3.05, 3.63) is 264 Å². The maximum atomic E-state index is 6.67. The topological polar surface area (TPSA) is 32.8 Å². The van der Waals surface area contributed by atoms with Gasteiger partial charge in [-0.2, -0.15) is 0 Å². The highest BCUT2D eigenvalue weighted by molar-refractivity contribution is 6.07. The molecule has 446 valence electrons. The molecular formula is C87H76N2O2. The Kier molecular flexibility index (Phi) is 11.7. The van der Waals surface area contributed by atoms with Crippen LogP contribution in [0.25, 0.3) is 88.4 Å². The van der Waals surface area contributed by atoms with Crippen molar-refractivity contribution < 1.29 is 8.83 Å². The molecule has 0 unspecified atom stereocenters. The molecule has 13 aromatic rings. The maximum Gasteiger partial charge on any atom is 0.137 e.